The summed E-state index contributed by atoms with van der Waals surface area (Å²) >= 11 is 5.75. The van der Waals surface area contributed by atoms with Gasteiger partial charge < -0.3 is 0 Å². The van der Waals surface area contributed by atoms with E-state index in [1.807, 2.05) is 30.3 Å². The lowest BCUT2D eigenvalue weighted by molar-refractivity contribution is -0.111. The van der Waals surface area contributed by atoms with Crippen molar-refractivity contribution in [3.05, 3.63) is 53.4 Å². The number of hydrogen-bond donors (Lipinski definition) is 1. The van der Waals surface area contributed by atoms with Gasteiger partial charge >= 0.3 is 5.91 Å². The molecule has 1 heterocycles. The van der Waals surface area contributed by atoms with Crippen LogP contribution in [0.1, 0.15) is 5.56 Å². The van der Waals surface area contributed by atoms with Gasteiger partial charge in [0, 0.05) is 23.9 Å². The van der Waals surface area contributed by atoms with E-state index in [4.69, 9.17) is 11.6 Å². The van der Waals surface area contributed by atoms with Crippen LogP contribution in [0.25, 0.3) is 0 Å². The fraction of sp³-hybridized carbons (Fsp3) is 0. The van der Waals surface area contributed by atoms with Crippen molar-refractivity contribution in [2.75, 3.05) is 5.32 Å². The van der Waals surface area contributed by atoms with E-state index < -0.39 is 5.91 Å². The van der Waals surface area contributed by atoms with E-state index in [-0.39, 0.29) is 11.0 Å². The van der Waals surface area contributed by atoms with Gasteiger partial charge in [-0.3, -0.25) is 10.1 Å². The maximum atomic E-state index is 11.5. The number of halogens is 1. The zero-order valence-electron chi connectivity index (χ0n) is 9.22. The second kappa shape index (κ2) is 5.80. The van der Waals surface area contributed by atoms with Crippen LogP contribution >= 0.6 is 11.6 Å². The van der Waals surface area contributed by atoms with Gasteiger partial charge in [0.05, 0.1) is 0 Å². The summed E-state index contributed by atoms with van der Waals surface area (Å²) < 4.78 is 0. The molecule has 0 radical (unpaired) electrons. The minimum atomic E-state index is -0.485. The summed E-state index contributed by atoms with van der Waals surface area (Å²) in [4.78, 5) is 19.2. The molecule has 4 nitrogen and oxygen atoms in total. The highest BCUT2D eigenvalue weighted by atomic mass is 35.5. The van der Waals surface area contributed by atoms with Crippen molar-refractivity contribution in [3.63, 3.8) is 0 Å². The van der Waals surface area contributed by atoms with Crippen LogP contribution in [-0.4, -0.2) is 15.9 Å². The van der Waals surface area contributed by atoms with Crippen LogP contribution in [-0.2, 0) is 4.79 Å². The normalized spacial score (nSPS) is 9.17. The molecule has 0 aliphatic rings. The largest absolute Gasteiger partial charge is 0.301 e. The van der Waals surface area contributed by atoms with Crippen molar-refractivity contribution in [1.82, 2.24) is 9.97 Å². The molecule has 2 aromatic rings. The molecular weight excluding hydrogens is 250 g/mol. The summed E-state index contributed by atoms with van der Waals surface area (Å²) in [6.45, 7) is 0. The number of aromatic nitrogens is 2. The number of anilines is 1. The van der Waals surface area contributed by atoms with Crippen molar-refractivity contribution in [3.8, 4) is 11.8 Å². The maximum absolute atomic E-state index is 11.5. The standard InChI is InChI=1S/C13H8ClN3O/c14-12-13(16-9-8-15-12)17-11(18)7-6-10-4-2-1-3-5-10/h1-5,8-9H,(H,16,17,18). The fourth-order valence-electron chi connectivity index (χ4n) is 1.19. The summed E-state index contributed by atoms with van der Waals surface area (Å²) in [5.41, 5.74) is 0.762. The number of nitrogens with one attached hydrogen (secondary N) is 1. The third kappa shape index (κ3) is 3.30. The van der Waals surface area contributed by atoms with E-state index >= 15 is 0 Å². The van der Waals surface area contributed by atoms with E-state index in [1.165, 1.54) is 12.4 Å². The number of rotatable bonds is 1. The lowest BCUT2D eigenvalue weighted by atomic mass is 10.2. The first-order valence-corrected chi connectivity index (χ1v) is 5.48. The number of amides is 1. The van der Waals surface area contributed by atoms with Crippen LogP contribution in [0.5, 0.6) is 0 Å². The van der Waals surface area contributed by atoms with E-state index in [2.05, 4.69) is 27.1 Å². The van der Waals surface area contributed by atoms with Gasteiger partial charge in [0.2, 0.25) is 0 Å². The summed E-state index contributed by atoms with van der Waals surface area (Å²) in [7, 11) is 0. The predicted molar refractivity (Wildman–Crippen MR) is 69.0 cm³/mol. The molecule has 0 saturated heterocycles. The third-order valence-corrected chi connectivity index (χ3v) is 2.26. The van der Waals surface area contributed by atoms with Crippen LogP contribution in [0.2, 0.25) is 5.15 Å². The molecule has 0 unspecified atom stereocenters. The molecule has 0 atom stereocenters. The van der Waals surface area contributed by atoms with E-state index in [0.717, 1.165) is 5.56 Å². The van der Waals surface area contributed by atoms with Gasteiger partial charge in [-0.05, 0) is 12.1 Å². The van der Waals surface area contributed by atoms with Crippen LogP contribution in [0.15, 0.2) is 42.7 Å². The zero-order valence-corrected chi connectivity index (χ0v) is 9.98. The van der Waals surface area contributed by atoms with Crippen molar-refractivity contribution in [2.45, 2.75) is 0 Å². The summed E-state index contributed by atoms with van der Waals surface area (Å²) in [6.07, 6.45) is 2.87. The highest BCUT2D eigenvalue weighted by molar-refractivity contribution is 6.32. The molecule has 1 amide bonds. The van der Waals surface area contributed by atoms with Gasteiger partial charge in [0.15, 0.2) is 11.0 Å². The van der Waals surface area contributed by atoms with Gasteiger partial charge in [-0.2, -0.15) is 0 Å². The van der Waals surface area contributed by atoms with E-state index in [0.29, 0.717) is 0 Å². The Morgan fingerprint density at radius 1 is 1.17 bits per heavy atom. The van der Waals surface area contributed by atoms with Crippen LogP contribution in [0.3, 0.4) is 0 Å². The fourth-order valence-corrected chi connectivity index (χ4v) is 1.35. The molecule has 0 aliphatic heterocycles. The topological polar surface area (TPSA) is 54.9 Å². The van der Waals surface area contributed by atoms with Crippen molar-refractivity contribution >= 4 is 23.3 Å². The Hall–Kier alpha value is -2.38. The maximum Gasteiger partial charge on any atom is 0.301 e. The summed E-state index contributed by atoms with van der Waals surface area (Å²) in [6, 6.07) is 9.21. The van der Waals surface area contributed by atoms with Crippen LogP contribution in [0, 0.1) is 11.8 Å². The average molecular weight is 258 g/mol. The SMILES string of the molecule is O=C(C#Cc1ccccc1)Nc1nccnc1Cl. The first kappa shape index (κ1) is 12.1. The predicted octanol–water partition coefficient (Wildman–Crippen LogP) is 2.12. The van der Waals surface area contributed by atoms with E-state index in [1.54, 1.807) is 0 Å². The second-order valence-corrected chi connectivity index (χ2v) is 3.62. The van der Waals surface area contributed by atoms with E-state index in [9.17, 15) is 4.79 Å². The first-order chi connectivity index (χ1) is 8.75. The number of hydrogen-bond acceptors (Lipinski definition) is 3. The average Bonchev–Trinajstić information content (AvgIpc) is 2.40. The molecule has 0 aliphatic carbocycles. The smallest absolute Gasteiger partial charge is 0.297 e. The van der Waals surface area contributed by atoms with Crippen LogP contribution < -0.4 is 5.32 Å². The lowest BCUT2D eigenvalue weighted by Gasteiger charge is -1.99. The second-order valence-electron chi connectivity index (χ2n) is 3.27. The molecule has 0 fully saturated rings. The summed E-state index contributed by atoms with van der Waals surface area (Å²) in [5, 5.41) is 2.59. The Bertz CT molecular complexity index is 617. The Morgan fingerprint density at radius 2 is 1.89 bits per heavy atom. The Balaban J connectivity index is 2.07. The highest BCUT2D eigenvalue weighted by Gasteiger charge is 2.04. The molecule has 1 N–H and O–H groups in total. The van der Waals surface area contributed by atoms with Crippen molar-refractivity contribution in [2.24, 2.45) is 0 Å². The summed E-state index contributed by atoms with van der Waals surface area (Å²) in [5.74, 6) is 4.89. The molecule has 18 heavy (non-hydrogen) atoms. The third-order valence-electron chi connectivity index (χ3n) is 1.98. The molecule has 0 bridgehead atoms. The number of carbonyl (C=O) groups excluding carboxylic acids is 1. The highest BCUT2D eigenvalue weighted by Crippen LogP contribution is 2.13. The van der Waals surface area contributed by atoms with Crippen LogP contribution in [0.4, 0.5) is 5.82 Å². The molecule has 0 saturated carbocycles. The first-order valence-electron chi connectivity index (χ1n) is 5.10. The lowest BCUT2D eigenvalue weighted by Crippen LogP contribution is -2.10. The molecule has 1 aromatic heterocycles. The molecule has 88 valence electrons. The monoisotopic (exact) mass is 257 g/mol. The number of carbonyl (C=O) groups is 1. The molecule has 5 heteroatoms. The molecular formula is C13H8ClN3O. The van der Waals surface area contributed by atoms with Gasteiger partial charge in [0.25, 0.3) is 0 Å². The van der Waals surface area contributed by atoms with Gasteiger partial charge in [-0.25, -0.2) is 9.97 Å². The van der Waals surface area contributed by atoms with Gasteiger partial charge in [-0.15, -0.1) is 0 Å². The molecule has 1 aromatic carbocycles. The number of benzene rings is 1. The van der Waals surface area contributed by atoms with Gasteiger partial charge in [-0.1, -0.05) is 35.7 Å². The minimum Gasteiger partial charge on any atom is -0.297 e. The Morgan fingerprint density at radius 3 is 2.61 bits per heavy atom. The Kier molecular flexibility index (Phi) is 3.90. The quantitative estimate of drug-likeness (QED) is 0.796. The van der Waals surface area contributed by atoms with Crippen molar-refractivity contribution in [1.29, 1.82) is 0 Å². The Labute approximate surface area is 109 Å². The number of nitrogens with zero attached hydrogens (tertiary/aromatic N) is 2. The molecule has 2 rings (SSSR count). The zero-order chi connectivity index (χ0) is 12.8. The molecule has 0 spiro atoms. The van der Waals surface area contributed by atoms with Gasteiger partial charge in [0.1, 0.15) is 0 Å². The minimum absolute atomic E-state index is 0.132. The van der Waals surface area contributed by atoms with Crippen molar-refractivity contribution < 1.29 is 4.79 Å².